The molecule has 0 aliphatic heterocycles. The first-order valence-corrected chi connectivity index (χ1v) is 7.47. The van der Waals surface area contributed by atoms with E-state index in [0.29, 0.717) is 5.82 Å². The van der Waals surface area contributed by atoms with E-state index in [1.54, 1.807) is 11.3 Å². The summed E-state index contributed by atoms with van der Waals surface area (Å²) in [5.74, 6) is 1.42. The van der Waals surface area contributed by atoms with Crippen molar-refractivity contribution in [3.05, 3.63) is 16.3 Å². The fourth-order valence-corrected chi connectivity index (χ4v) is 3.10. The number of carbonyl (C=O) groups is 1. The summed E-state index contributed by atoms with van der Waals surface area (Å²) < 4.78 is 0. The Morgan fingerprint density at radius 1 is 1.25 bits per heavy atom. The van der Waals surface area contributed by atoms with E-state index in [1.807, 2.05) is 20.8 Å². The molecule has 0 aliphatic rings. The van der Waals surface area contributed by atoms with Gasteiger partial charge < -0.3 is 10.6 Å². The van der Waals surface area contributed by atoms with Gasteiger partial charge in [0, 0.05) is 10.9 Å². The summed E-state index contributed by atoms with van der Waals surface area (Å²) in [7, 11) is 0. The van der Waals surface area contributed by atoms with Crippen LogP contribution in [0.2, 0.25) is 0 Å². The number of fused-ring (bicyclic) bond motifs is 1. The minimum atomic E-state index is -0.0333. The Labute approximate surface area is 122 Å². The van der Waals surface area contributed by atoms with Gasteiger partial charge in [-0.1, -0.05) is 0 Å². The van der Waals surface area contributed by atoms with E-state index in [0.717, 1.165) is 16.0 Å². The Hall–Kier alpha value is -1.69. The second kappa shape index (κ2) is 5.75. The number of amides is 1. The van der Waals surface area contributed by atoms with Crippen LogP contribution in [0.4, 0.5) is 5.82 Å². The van der Waals surface area contributed by atoms with E-state index in [1.165, 1.54) is 10.4 Å². The number of aryl methyl sites for hydroxylation is 3. The van der Waals surface area contributed by atoms with Crippen molar-refractivity contribution in [2.45, 2.75) is 40.7 Å². The van der Waals surface area contributed by atoms with Gasteiger partial charge in [-0.05, 0) is 40.2 Å². The van der Waals surface area contributed by atoms with Crippen LogP contribution in [0, 0.1) is 20.8 Å². The average molecular weight is 292 g/mol. The molecule has 0 atom stereocenters. The molecule has 2 aromatic rings. The Balaban J connectivity index is 2.27. The molecule has 0 bridgehead atoms. The van der Waals surface area contributed by atoms with Crippen molar-refractivity contribution < 1.29 is 4.79 Å². The third kappa shape index (κ3) is 3.07. The van der Waals surface area contributed by atoms with Gasteiger partial charge in [-0.3, -0.25) is 4.79 Å². The molecule has 0 aromatic carbocycles. The Morgan fingerprint density at radius 3 is 2.60 bits per heavy atom. The first-order valence-electron chi connectivity index (χ1n) is 6.66. The van der Waals surface area contributed by atoms with Gasteiger partial charge in [-0.2, -0.15) is 0 Å². The van der Waals surface area contributed by atoms with Crippen molar-refractivity contribution in [3.63, 3.8) is 0 Å². The first-order chi connectivity index (χ1) is 9.38. The monoisotopic (exact) mass is 292 g/mol. The lowest BCUT2D eigenvalue weighted by Crippen LogP contribution is -2.35. The molecule has 20 heavy (non-hydrogen) atoms. The van der Waals surface area contributed by atoms with Gasteiger partial charge in [0.2, 0.25) is 5.91 Å². The molecule has 2 N–H and O–H groups in total. The third-order valence-corrected chi connectivity index (χ3v) is 4.11. The molecule has 108 valence electrons. The highest BCUT2D eigenvalue weighted by molar-refractivity contribution is 7.18. The van der Waals surface area contributed by atoms with Gasteiger partial charge in [0.1, 0.15) is 16.5 Å². The number of nitrogens with one attached hydrogen (secondary N) is 2. The Bertz CT molecular complexity index is 648. The molecule has 2 rings (SSSR count). The summed E-state index contributed by atoms with van der Waals surface area (Å²) in [6.45, 7) is 10.1. The van der Waals surface area contributed by atoms with Gasteiger partial charge in [0.15, 0.2) is 0 Å². The molecule has 0 unspecified atom stereocenters. The van der Waals surface area contributed by atoms with Crippen LogP contribution in [0.15, 0.2) is 0 Å². The predicted octanol–water partition coefficient (Wildman–Crippen LogP) is 2.55. The number of carbonyl (C=O) groups excluding carboxylic acids is 1. The van der Waals surface area contributed by atoms with Crippen LogP contribution in [0.5, 0.6) is 0 Å². The van der Waals surface area contributed by atoms with Crippen molar-refractivity contribution >= 4 is 33.3 Å². The number of nitrogens with zero attached hydrogens (tertiary/aromatic N) is 2. The smallest absolute Gasteiger partial charge is 0.239 e. The highest BCUT2D eigenvalue weighted by Crippen LogP contribution is 2.32. The Morgan fingerprint density at radius 2 is 1.95 bits per heavy atom. The number of aromatic nitrogens is 2. The maximum atomic E-state index is 11.7. The van der Waals surface area contributed by atoms with Crippen LogP contribution < -0.4 is 10.6 Å². The lowest BCUT2D eigenvalue weighted by Gasteiger charge is -2.11. The fourth-order valence-electron chi connectivity index (χ4n) is 2.02. The zero-order valence-electron chi connectivity index (χ0n) is 12.5. The van der Waals surface area contributed by atoms with E-state index in [2.05, 4.69) is 34.4 Å². The van der Waals surface area contributed by atoms with Crippen molar-refractivity contribution in [1.82, 2.24) is 15.3 Å². The van der Waals surface area contributed by atoms with E-state index < -0.39 is 0 Å². The minimum absolute atomic E-state index is 0.0333. The summed E-state index contributed by atoms with van der Waals surface area (Å²) in [5, 5.41) is 7.01. The molecule has 5 nitrogen and oxygen atoms in total. The lowest BCUT2D eigenvalue weighted by molar-refractivity contribution is -0.119. The number of hydrogen-bond donors (Lipinski definition) is 2. The second-order valence-electron chi connectivity index (χ2n) is 5.16. The lowest BCUT2D eigenvalue weighted by atomic mass is 10.2. The zero-order valence-corrected chi connectivity index (χ0v) is 13.3. The molecular formula is C14H20N4OS. The van der Waals surface area contributed by atoms with Gasteiger partial charge in [-0.25, -0.2) is 9.97 Å². The second-order valence-corrected chi connectivity index (χ2v) is 6.36. The minimum Gasteiger partial charge on any atom is -0.360 e. The SMILES string of the molecule is Cc1nc(NCC(=O)NC(C)C)c2c(C)c(C)sc2n1. The van der Waals surface area contributed by atoms with E-state index >= 15 is 0 Å². The molecule has 2 heterocycles. The van der Waals surface area contributed by atoms with Gasteiger partial charge in [-0.15, -0.1) is 11.3 Å². The molecule has 0 radical (unpaired) electrons. The average Bonchev–Trinajstić information content (AvgIpc) is 2.61. The van der Waals surface area contributed by atoms with E-state index in [9.17, 15) is 4.79 Å². The van der Waals surface area contributed by atoms with Crippen LogP contribution in [0.1, 0.15) is 30.1 Å². The predicted molar refractivity (Wildman–Crippen MR) is 83.4 cm³/mol. The molecule has 0 aliphatic carbocycles. The van der Waals surface area contributed by atoms with E-state index in [4.69, 9.17) is 0 Å². The number of rotatable bonds is 4. The highest BCUT2D eigenvalue weighted by atomic mass is 32.1. The molecule has 2 aromatic heterocycles. The Kier molecular flexibility index (Phi) is 4.23. The van der Waals surface area contributed by atoms with Crippen molar-refractivity contribution in [2.24, 2.45) is 0 Å². The summed E-state index contributed by atoms with van der Waals surface area (Å²) in [6, 6.07) is 0.140. The first kappa shape index (κ1) is 14.7. The van der Waals surface area contributed by atoms with Crippen LogP contribution in [-0.4, -0.2) is 28.5 Å². The van der Waals surface area contributed by atoms with Crippen molar-refractivity contribution in [2.75, 3.05) is 11.9 Å². The van der Waals surface area contributed by atoms with Gasteiger partial charge in [0.05, 0.1) is 11.9 Å². The normalized spacial score (nSPS) is 11.1. The summed E-state index contributed by atoms with van der Waals surface area (Å²) in [5.41, 5.74) is 1.18. The van der Waals surface area contributed by atoms with Gasteiger partial charge >= 0.3 is 0 Å². The number of anilines is 1. The van der Waals surface area contributed by atoms with Gasteiger partial charge in [0.25, 0.3) is 0 Å². The third-order valence-electron chi connectivity index (χ3n) is 3.01. The van der Waals surface area contributed by atoms with Crippen molar-refractivity contribution in [1.29, 1.82) is 0 Å². The largest absolute Gasteiger partial charge is 0.360 e. The maximum absolute atomic E-state index is 11.7. The summed E-state index contributed by atoms with van der Waals surface area (Å²) in [6.07, 6.45) is 0. The van der Waals surface area contributed by atoms with Crippen LogP contribution >= 0.6 is 11.3 Å². The van der Waals surface area contributed by atoms with Crippen LogP contribution in [-0.2, 0) is 4.79 Å². The molecule has 0 saturated carbocycles. The molecular weight excluding hydrogens is 272 g/mol. The van der Waals surface area contributed by atoms with Crippen molar-refractivity contribution in [3.8, 4) is 0 Å². The molecule has 0 fully saturated rings. The number of hydrogen-bond acceptors (Lipinski definition) is 5. The van der Waals surface area contributed by atoms with Crippen LogP contribution in [0.3, 0.4) is 0 Å². The zero-order chi connectivity index (χ0) is 14.9. The van der Waals surface area contributed by atoms with Crippen LogP contribution in [0.25, 0.3) is 10.2 Å². The molecule has 6 heteroatoms. The number of thiophene rings is 1. The fraction of sp³-hybridized carbons (Fsp3) is 0.500. The summed E-state index contributed by atoms with van der Waals surface area (Å²) in [4.78, 5) is 22.8. The topological polar surface area (TPSA) is 66.9 Å². The highest BCUT2D eigenvalue weighted by Gasteiger charge is 2.14. The molecule has 0 saturated heterocycles. The molecule has 0 spiro atoms. The maximum Gasteiger partial charge on any atom is 0.239 e. The standard InChI is InChI=1S/C14H20N4OS/c1-7(2)16-11(19)6-15-13-12-8(3)9(4)20-14(12)18-10(5)17-13/h7H,6H2,1-5H3,(H,16,19)(H,15,17,18). The summed E-state index contributed by atoms with van der Waals surface area (Å²) >= 11 is 1.66. The quantitative estimate of drug-likeness (QED) is 0.909. The molecule has 1 amide bonds. The van der Waals surface area contributed by atoms with E-state index in [-0.39, 0.29) is 18.5 Å².